The molecule has 1 aliphatic rings. The van der Waals surface area contributed by atoms with Crippen molar-refractivity contribution in [1.29, 1.82) is 0 Å². The summed E-state index contributed by atoms with van der Waals surface area (Å²) in [6, 6.07) is 37.6. The van der Waals surface area contributed by atoms with E-state index in [1.165, 1.54) is 0 Å². The standard InChI is InChI=1S/C54H37N3/c1-2-15-36(16-3-1)37-17-12-18-38(33-37)39-19-13-20-40(34-39)56-50-28-11-7-24-45(50)54-52(56)29-14-30-53(54)57-49-27-10-6-23-44(49)46-35-41(31-32-51(46)57)55-47-25-8-4-21-42(47)43-22-5-9-26-48(43)55/h2,4-35H,1,3H2/i1D,2D,3D,12D,13D,15D,16D,17D,18D,19D,20D,33D,34D. The van der Waals surface area contributed by atoms with Crippen molar-refractivity contribution < 1.29 is 17.8 Å². The fourth-order valence-corrected chi connectivity index (χ4v) is 8.60. The topological polar surface area (TPSA) is 14.8 Å². The van der Waals surface area contributed by atoms with Crippen LogP contribution in [-0.2, 0) is 0 Å². The number of para-hydroxylation sites is 4. The fraction of sp³-hybridized carbons (Fsp3) is 0.0370. The molecule has 3 aromatic heterocycles. The Morgan fingerprint density at radius 2 is 1.00 bits per heavy atom. The van der Waals surface area contributed by atoms with E-state index in [0.717, 1.165) is 65.8 Å². The Kier molecular flexibility index (Phi) is 4.78. The smallest absolute Gasteiger partial charge is 0.0651 e. The Hall–Kier alpha value is -7.36. The highest BCUT2D eigenvalue weighted by Crippen LogP contribution is 2.42. The SMILES string of the molecule is [2H]C1=C([2H])C([2H])C([2H])C([2H])=C1c1c([2H])c([2H])c([2H])c(-c2c([2H])c([2H])c([2H])c(-n3c4ccccc4c4c(-n5c6ccccc6c6cc(-n7c8ccccc8c8ccccc87)ccc65)cccc43)c2[2H])c1[2H]. The van der Waals surface area contributed by atoms with Crippen LogP contribution in [0.2, 0.25) is 0 Å². The second-order valence-corrected chi connectivity index (χ2v) is 14.0. The van der Waals surface area contributed by atoms with E-state index in [4.69, 9.17) is 11.0 Å². The van der Waals surface area contributed by atoms with E-state index in [1.807, 2.05) is 66.7 Å². The van der Waals surface area contributed by atoms with E-state index in [1.54, 1.807) is 4.57 Å². The lowest BCUT2D eigenvalue weighted by atomic mass is 9.96. The van der Waals surface area contributed by atoms with Gasteiger partial charge in [-0.1, -0.05) is 127 Å². The lowest BCUT2D eigenvalue weighted by Gasteiger charge is -2.13. The van der Waals surface area contributed by atoms with Crippen LogP contribution in [0.1, 0.15) is 36.2 Å². The molecule has 0 fully saturated rings. The molecule has 3 nitrogen and oxygen atoms in total. The van der Waals surface area contributed by atoms with E-state index < -0.39 is 102 Å². The maximum atomic E-state index is 9.87. The predicted molar refractivity (Wildman–Crippen MR) is 241 cm³/mol. The summed E-state index contributed by atoms with van der Waals surface area (Å²) in [5.41, 5.74) is 4.90. The van der Waals surface area contributed by atoms with E-state index >= 15 is 0 Å². The number of nitrogens with zero attached hydrogens (tertiary/aromatic N) is 3. The summed E-state index contributed by atoms with van der Waals surface area (Å²) < 4.78 is 123. The van der Waals surface area contributed by atoms with Crippen LogP contribution < -0.4 is 0 Å². The number of hydrogen-bond donors (Lipinski definition) is 0. The second kappa shape index (κ2) is 12.6. The van der Waals surface area contributed by atoms with Gasteiger partial charge in [-0.05, 0) is 108 Å². The summed E-state index contributed by atoms with van der Waals surface area (Å²) in [7, 11) is 0. The average molecular weight is 741 g/mol. The first kappa shape index (κ1) is 21.7. The first-order valence-corrected chi connectivity index (χ1v) is 18.7. The number of benzene rings is 8. The number of aromatic nitrogens is 3. The largest absolute Gasteiger partial charge is 0.309 e. The average Bonchev–Trinajstić information content (AvgIpc) is 4.01. The summed E-state index contributed by atoms with van der Waals surface area (Å²) in [6.07, 6.45) is -3.20. The van der Waals surface area contributed by atoms with E-state index in [-0.39, 0.29) is 5.69 Å². The van der Waals surface area contributed by atoms with Crippen LogP contribution >= 0.6 is 0 Å². The quantitative estimate of drug-likeness (QED) is 0.167. The molecular weight excluding hydrogens is 691 g/mol. The van der Waals surface area contributed by atoms with Gasteiger partial charge in [0.05, 0.1) is 53.9 Å². The Morgan fingerprint density at radius 3 is 1.75 bits per heavy atom. The van der Waals surface area contributed by atoms with Gasteiger partial charge in [-0.3, -0.25) is 0 Å². The van der Waals surface area contributed by atoms with Gasteiger partial charge in [-0.15, -0.1) is 0 Å². The minimum absolute atomic E-state index is 0.130. The maximum Gasteiger partial charge on any atom is 0.0651 e. The van der Waals surface area contributed by atoms with Crippen molar-refractivity contribution in [2.45, 2.75) is 12.8 Å². The van der Waals surface area contributed by atoms with Crippen LogP contribution in [0.5, 0.6) is 0 Å². The van der Waals surface area contributed by atoms with Crippen molar-refractivity contribution in [2.75, 3.05) is 0 Å². The molecule has 3 heterocycles. The fourth-order valence-electron chi connectivity index (χ4n) is 8.60. The van der Waals surface area contributed by atoms with Gasteiger partial charge in [0.1, 0.15) is 0 Å². The normalized spacial score (nSPS) is 19.5. The summed E-state index contributed by atoms with van der Waals surface area (Å²) in [5.74, 6) is 0. The van der Waals surface area contributed by atoms with Crippen LogP contribution in [0, 0.1) is 0 Å². The zero-order valence-corrected chi connectivity index (χ0v) is 30.2. The number of fused-ring (bicyclic) bond motifs is 9. The third kappa shape index (κ3) is 4.85. The highest BCUT2D eigenvalue weighted by atomic mass is 15.0. The van der Waals surface area contributed by atoms with Gasteiger partial charge < -0.3 is 13.7 Å². The Balaban J connectivity index is 1.12. The lowest BCUT2D eigenvalue weighted by molar-refractivity contribution is 1.04. The summed E-state index contributed by atoms with van der Waals surface area (Å²) >= 11 is 0. The molecule has 2 unspecified atom stereocenters. The van der Waals surface area contributed by atoms with Crippen molar-refractivity contribution in [2.24, 2.45) is 0 Å². The van der Waals surface area contributed by atoms with E-state index in [2.05, 4.69) is 75.9 Å². The van der Waals surface area contributed by atoms with Gasteiger partial charge in [-0.25, -0.2) is 0 Å². The molecule has 0 bridgehead atoms. The zero-order valence-electron chi connectivity index (χ0n) is 43.2. The molecule has 0 saturated carbocycles. The number of allylic oxidation sites excluding steroid dienone is 4. The Bertz CT molecular complexity index is 4140. The minimum atomic E-state index is -1.64. The molecular formula is C54H37N3. The van der Waals surface area contributed by atoms with Gasteiger partial charge in [0.2, 0.25) is 0 Å². The monoisotopic (exact) mass is 740 g/mol. The molecule has 1 aliphatic carbocycles. The van der Waals surface area contributed by atoms with Crippen molar-refractivity contribution in [3.8, 4) is 28.2 Å². The van der Waals surface area contributed by atoms with Crippen molar-refractivity contribution >= 4 is 71.0 Å². The van der Waals surface area contributed by atoms with Crippen molar-refractivity contribution in [1.82, 2.24) is 13.7 Å². The van der Waals surface area contributed by atoms with E-state index in [0.29, 0.717) is 11.0 Å². The van der Waals surface area contributed by atoms with Gasteiger partial charge in [0.25, 0.3) is 0 Å². The molecule has 8 aromatic carbocycles. The van der Waals surface area contributed by atoms with E-state index in [9.17, 15) is 6.85 Å². The second-order valence-electron chi connectivity index (χ2n) is 14.0. The van der Waals surface area contributed by atoms with Gasteiger partial charge in [-0.2, -0.15) is 0 Å². The third-order valence-corrected chi connectivity index (χ3v) is 11.0. The number of rotatable bonds is 5. The maximum absolute atomic E-state index is 9.87. The summed E-state index contributed by atoms with van der Waals surface area (Å²) in [5, 5.41) is 5.87. The van der Waals surface area contributed by atoms with Crippen LogP contribution in [-0.4, -0.2) is 13.7 Å². The highest BCUT2D eigenvalue weighted by molar-refractivity contribution is 6.17. The molecule has 0 N–H and O–H groups in total. The predicted octanol–water partition coefficient (Wildman–Crippen LogP) is 14.4. The zero-order chi connectivity index (χ0) is 48.8. The molecule has 268 valence electrons. The Morgan fingerprint density at radius 1 is 0.439 bits per heavy atom. The lowest BCUT2D eigenvalue weighted by Crippen LogP contribution is -1.97. The first-order chi connectivity index (χ1) is 33.7. The van der Waals surface area contributed by atoms with Gasteiger partial charge in [0, 0.05) is 46.4 Å². The van der Waals surface area contributed by atoms with Crippen LogP contribution in [0.25, 0.3) is 99.2 Å². The summed E-state index contributed by atoms with van der Waals surface area (Å²) in [6.45, 7) is 0. The molecule has 57 heavy (non-hydrogen) atoms. The Labute approximate surface area is 348 Å². The molecule has 0 aliphatic heterocycles. The molecule has 0 radical (unpaired) electrons. The molecule has 12 rings (SSSR count). The molecule has 2 atom stereocenters. The van der Waals surface area contributed by atoms with Gasteiger partial charge in [0.15, 0.2) is 0 Å². The molecule has 0 amide bonds. The highest BCUT2D eigenvalue weighted by Gasteiger charge is 2.21. The molecule has 0 saturated heterocycles. The summed E-state index contributed by atoms with van der Waals surface area (Å²) in [4.78, 5) is 0. The molecule has 3 heteroatoms. The molecule has 0 spiro atoms. The first-order valence-electron chi connectivity index (χ1n) is 25.4. The third-order valence-electron chi connectivity index (χ3n) is 11.0. The molecule has 11 aromatic rings. The minimum Gasteiger partial charge on any atom is -0.309 e. The van der Waals surface area contributed by atoms with Crippen LogP contribution in [0.4, 0.5) is 0 Å². The van der Waals surface area contributed by atoms with Crippen molar-refractivity contribution in [3.63, 3.8) is 0 Å². The van der Waals surface area contributed by atoms with Crippen molar-refractivity contribution in [3.05, 3.63) is 206 Å². The number of hydrogen-bond acceptors (Lipinski definition) is 0. The van der Waals surface area contributed by atoms with Gasteiger partial charge >= 0.3 is 0 Å². The van der Waals surface area contributed by atoms with Crippen LogP contribution in [0.3, 0.4) is 0 Å². The van der Waals surface area contributed by atoms with Crippen LogP contribution in [0.15, 0.2) is 200 Å².